The van der Waals surface area contributed by atoms with Crippen LogP contribution in [0.15, 0.2) is 42.7 Å². The van der Waals surface area contributed by atoms with Crippen molar-refractivity contribution in [3.63, 3.8) is 0 Å². The topological polar surface area (TPSA) is 96.2 Å². The summed E-state index contributed by atoms with van der Waals surface area (Å²) in [6, 6.07) is 9.25. The Hall–Kier alpha value is -3.26. The molecule has 1 saturated carbocycles. The van der Waals surface area contributed by atoms with Crippen LogP contribution in [-0.4, -0.2) is 42.1 Å². The van der Waals surface area contributed by atoms with Crippen LogP contribution in [0.5, 0.6) is 0 Å². The van der Waals surface area contributed by atoms with E-state index in [-0.39, 0.29) is 29.3 Å². The van der Waals surface area contributed by atoms with Gasteiger partial charge < -0.3 is 21.3 Å². The summed E-state index contributed by atoms with van der Waals surface area (Å²) in [6.45, 7) is 0. The monoisotopic (exact) mass is 422 g/mol. The Morgan fingerprint density at radius 2 is 2.00 bits per heavy atom. The zero-order valence-corrected chi connectivity index (χ0v) is 17.7. The quantitative estimate of drug-likeness (QED) is 0.562. The first-order valence-electron chi connectivity index (χ1n) is 10.5. The summed E-state index contributed by atoms with van der Waals surface area (Å²) >= 11 is 0. The molecular formula is C23H27FN6O. The number of primary amides is 1. The van der Waals surface area contributed by atoms with Gasteiger partial charge in [0.05, 0.1) is 17.4 Å². The predicted molar refractivity (Wildman–Crippen MR) is 121 cm³/mol. The van der Waals surface area contributed by atoms with Crippen LogP contribution in [0, 0.1) is 5.82 Å². The van der Waals surface area contributed by atoms with Gasteiger partial charge in [0.1, 0.15) is 5.82 Å². The van der Waals surface area contributed by atoms with Crippen molar-refractivity contribution in [2.24, 2.45) is 5.73 Å². The fourth-order valence-corrected chi connectivity index (χ4v) is 4.42. The van der Waals surface area contributed by atoms with Crippen molar-refractivity contribution in [2.45, 2.75) is 37.8 Å². The lowest BCUT2D eigenvalue weighted by molar-refractivity contribution is 0.100. The largest absolute Gasteiger partial charge is 0.365 e. The van der Waals surface area contributed by atoms with E-state index in [1.165, 1.54) is 6.07 Å². The summed E-state index contributed by atoms with van der Waals surface area (Å²) in [5.41, 5.74) is 6.20. The van der Waals surface area contributed by atoms with Crippen LogP contribution < -0.4 is 21.3 Å². The molecule has 1 fully saturated rings. The van der Waals surface area contributed by atoms with Crippen LogP contribution in [-0.2, 0) is 0 Å². The molecule has 2 atom stereocenters. The average molecular weight is 423 g/mol. The molecule has 4 rings (SSSR count). The van der Waals surface area contributed by atoms with Gasteiger partial charge in [-0.2, -0.15) is 0 Å². The van der Waals surface area contributed by atoms with Crippen LogP contribution in [0.2, 0.25) is 0 Å². The number of nitrogens with zero attached hydrogens (tertiary/aromatic N) is 3. The third-order valence-electron chi connectivity index (χ3n) is 6.08. The van der Waals surface area contributed by atoms with Gasteiger partial charge in [-0.1, -0.05) is 37.1 Å². The Kier molecular flexibility index (Phi) is 5.99. The van der Waals surface area contributed by atoms with E-state index in [4.69, 9.17) is 5.73 Å². The third-order valence-corrected chi connectivity index (χ3v) is 6.08. The number of carbonyl (C=O) groups excluding carboxylic acids is 1. The number of nitrogens with two attached hydrogens (primary N) is 1. The summed E-state index contributed by atoms with van der Waals surface area (Å²) in [4.78, 5) is 22.7. The lowest BCUT2D eigenvalue weighted by Crippen LogP contribution is -2.50. The van der Waals surface area contributed by atoms with Gasteiger partial charge in [-0.3, -0.25) is 9.78 Å². The van der Waals surface area contributed by atoms with E-state index in [2.05, 4.69) is 20.6 Å². The highest BCUT2D eigenvalue weighted by Gasteiger charge is 2.30. The zero-order valence-electron chi connectivity index (χ0n) is 17.7. The van der Waals surface area contributed by atoms with Crippen molar-refractivity contribution in [3.05, 3.63) is 54.1 Å². The molecule has 0 aliphatic heterocycles. The number of rotatable bonds is 6. The van der Waals surface area contributed by atoms with E-state index >= 15 is 4.39 Å². The number of fused-ring (bicyclic) bond motifs is 1. The third kappa shape index (κ3) is 4.16. The number of anilines is 3. The van der Waals surface area contributed by atoms with Crippen LogP contribution >= 0.6 is 0 Å². The number of carbonyl (C=O) groups is 1. The normalized spacial score (nSPS) is 18.7. The van der Waals surface area contributed by atoms with Gasteiger partial charge in [0.15, 0.2) is 11.6 Å². The first-order valence-corrected chi connectivity index (χ1v) is 10.5. The van der Waals surface area contributed by atoms with Gasteiger partial charge in [-0.05, 0) is 26.0 Å². The number of aromatic nitrogens is 2. The first kappa shape index (κ1) is 21.0. The van der Waals surface area contributed by atoms with Crippen molar-refractivity contribution in [1.29, 1.82) is 0 Å². The van der Waals surface area contributed by atoms with Gasteiger partial charge in [-0.15, -0.1) is 0 Å². The molecule has 1 aliphatic rings. The molecule has 0 spiro atoms. The number of hydrogen-bond acceptors (Lipinski definition) is 6. The number of hydrogen-bond donors (Lipinski definition) is 3. The summed E-state index contributed by atoms with van der Waals surface area (Å²) < 4.78 is 15.0. The van der Waals surface area contributed by atoms with Gasteiger partial charge >= 0.3 is 0 Å². The smallest absolute Gasteiger partial charge is 0.252 e. The SMILES string of the molecule is CNC1CCCCC1N(C)c1nc(Nc2cncc3ccccc23)c(C(N)=O)cc1F. The van der Waals surface area contributed by atoms with Gasteiger partial charge in [0.25, 0.3) is 5.91 Å². The fourth-order valence-electron chi connectivity index (χ4n) is 4.42. The molecule has 31 heavy (non-hydrogen) atoms. The second-order valence-electron chi connectivity index (χ2n) is 7.95. The Bertz CT molecular complexity index is 1100. The summed E-state index contributed by atoms with van der Waals surface area (Å²) in [5.74, 6) is -0.918. The number of nitrogens with one attached hydrogen (secondary N) is 2. The highest BCUT2D eigenvalue weighted by Crippen LogP contribution is 2.31. The van der Waals surface area contributed by atoms with Crippen LogP contribution in [0.3, 0.4) is 0 Å². The van der Waals surface area contributed by atoms with Gasteiger partial charge in [0.2, 0.25) is 0 Å². The number of benzene rings is 1. The minimum atomic E-state index is -0.748. The second kappa shape index (κ2) is 8.85. The van der Waals surface area contributed by atoms with E-state index in [9.17, 15) is 4.79 Å². The molecular weight excluding hydrogens is 395 g/mol. The van der Waals surface area contributed by atoms with Crippen LogP contribution in [0.1, 0.15) is 36.0 Å². The molecule has 8 heteroatoms. The molecule has 162 valence electrons. The average Bonchev–Trinajstić information content (AvgIpc) is 2.79. The molecule has 3 aromatic rings. The molecule has 0 saturated heterocycles. The molecule has 0 bridgehead atoms. The molecule has 1 aromatic carbocycles. The lowest BCUT2D eigenvalue weighted by atomic mass is 9.89. The summed E-state index contributed by atoms with van der Waals surface area (Å²) in [6.07, 6.45) is 7.61. The van der Waals surface area contributed by atoms with E-state index in [0.717, 1.165) is 36.5 Å². The van der Waals surface area contributed by atoms with E-state index in [1.807, 2.05) is 43.3 Å². The Morgan fingerprint density at radius 3 is 2.77 bits per heavy atom. The van der Waals surface area contributed by atoms with Crippen molar-refractivity contribution in [1.82, 2.24) is 15.3 Å². The molecule has 4 N–H and O–H groups in total. The molecule has 0 radical (unpaired) electrons. The number of likely N-dealkylation sites (N-methyl/N-ethyl adjacent to an activating group) is 2. The number of pyridine rings is 2. The maximum absolute atomic E-state index is 15.0. The standard InChI is InChI=1S/C23H27FN6O/c1-26-18-9-5-6-10-20(18)30(2)23-17(24)11-16(21(25)31)22(29-23)28-19-13-27-12-14-7-3-4-8-15(14)19/h3-4,7-8,11-13,18,20,26H,5-6,9-10H2,1-2H3,(H2,25,31)(H,28,29). The minimum Gasteiger partial charge on any atom is -0.365 e. The fraction of sp³-hybridized carbons (Fsp3) is 0.348. The molecule has 2 heterocycles. The summed E-state index contributed by atoms with van der Waals surface area (Å²) in [5, 5.41) is 8.35. The zero-order chi connectivity index (χ0) is 22.0. The molecule has 1 aliphatic carbocycles. The van der Waals surface area contributed by atoms with E-state index < -0.39 is 11.7 Å². The molecule has 2 aromatic heterocycles. The number of amides is 1. The van der Waals surface area contributed by atoms with E-state index in [1.54, 1.807) is 12.4 Å². The van der Waals surface area contributed by atoms with Crippen molar-refractivity contribution in [2.75, 3.05) is 24.3 Å². The Labute approximate surface area is 180 Å². The highest BCUT2D eigenvalue weighted by molar-refractivity contribution is 6.01. The Balaban J connectivity index is 1.75. The lowest BCUT2D eigenvalue weighted by Gasteiger charge is -2.38. The van der Waals surface area contributed by atoms with Crippen molar-refractivity contribution < 1.29 is 9.18 Å². The highest BCUT2D eigenvalue weighted by atomic mass is 19.1. The second-order valence-corrected chi connectivity index (χ2v) is 7.95. The first-order chi connectivity index (χ1) is 15.0. The van der Waals surface area contributed by atoms with Gasteiger partial charge in [0, 0.05) is 36.1 Å². The molecule has 1 amide bonds. The van der Waals surface area contributed by atoms with E-state index in [0.29, 0.717) is 5.69 Å². The van der Waals surface area contributed by atoms with Crippen LogP contribution in [0.4, 0.5) is 21.7 Å². The summed E-state index contributed by atoms with van der Waals surface area (Å²) in [7, 11) is 3.77. The maximum atomic E-state index is 15.0. The van der Waals surface area contributed by atoms with Crippen LogP contribution in [0.25, 0.3) is 10.8 Å². The maximum Gasteiger partial charge on any atom is 0.252 e. The van der Waals surface area contributed by atoms with Gasteiger partial charge in [-0.25, -0.2) is 9.37 Å². The molecule has 2 unspecified atom stereocenters. The van der Waals surface area contributed by atoms with Crippen molar-refractivity contribution >= 4 is 34.0 Å². The molecule has 7 nitrogen and oxygen atoms in total. The Morgan fingerprint density at radius 1 is 1.23 bits per heavy atom. The van der Waals surface area contributed by atoms with Crippen molar-refractivity contribution in [3.8, 4) is 0 Å². The minimum absolute atomic E-state index is 0.00334. The predicted octanol–water partition coefficient (Wildman–Crippen LogP) is 3.58. The number of halogens is 1.